The van der Waals surface area contributed by atoms with Gasteiger partial charge in [-0.25, -0.2) is 9.36 Å². The number of carbonyl (C=O) groups is 3. The van der Waals surface area contributed by atoms with E-state index in [0.717, 1.165) is 38.5 Å². The number of hydrogen-bond donors (Lipinski definition) is 3. The highest BCUT2D eigenvalue weighted by atomic mass is 31.2. The van der Waals surface area contributed by atoms with E-state index in [-0.39, 0.29) is 6.42 Å². The van der Waals surface area contributed by atoms with Crippen molar-refractivity contribution in [2.24, 2.45) is 5.73 Å². The molecule has 54 heavy (non-hydrogen) atoms. The van der Waals surface area contributed by atoms with Crippen molar-refractivity contribution in [2.45, 2.75) is 193 Å². The average Bonchev–Trinajstić information content (AvgIpc) is 3.14. The van der Waals surface area contributed by atoms with Gasteiger partial charge in [-0.1, -0.05) is 160 Å². The van der Waals surface area contributed by atoms with Crippen LogP contribution in [-0.4, -0.2) is 59.9 Å². The molecule has 0 bridgehead atoms. The lowest BCUT2D eigenvalue weighted by molar-refractivity contribution is -0.157. The van der Waals surface area contributed by atoms with Gasteiger partial charge in [0.1, 0.15) is 12.6 Å². The monoisotopic (exact) mass is 786 g/mol. The Morgan fingerprint density at radius 1 is 0.611 bits per heavy atom. The van der Waals surface area contributed by atoms with Crippen LogP contribution in [0.25, 0.3) is 0 Å². The van der Waals surface area contributed by atoms with E-state index in [0.29, 0.717) is 6.42 Å². The van der Waals surface area contributed by atoms with Gasteiger partial charge in [-0.2, -0.15) is 0 Å². The van der Waals surface area contributed by atoms with Gasteiger partial charge in [-0.3, -0.25) is 18.6 Å². The van der Waals surface area contributed by atoms with Crippen LogP contribution in [0.15, 0.2) is 36.5 Å². The molecule has 0 heterocycles. The zero-order valence-electron chi connectivity index (χ0n) is 33.8. The van der Waals surface area contributed by atoms with Gasteiger partial charge in [0.15, 0.2) is 6.10 Å². The van der Waals surface area contributed by atoms with E-state index in [9.17, 15) is 23.8 Å². The molecule has 0 aliphatic heterocycles. The number of phosphoric acid groups is 1. The second kappa shape index (κ2) is 37.6. The lowest BCUT2D eigenvalue weighted by atomic mass is 10.1. The molecule has 0 saturated heterocycles. The normalized spacial score (nSPS) is 14.1. The Hall–Kier alpha value is -2.30. The fourth-order valence-electron chi connectivity index (χ4n) is 5.61. The molecule has 0 fully saturated rings. The SMILES string of the molecule is CCCCCCCCCC/C=C/CCCCCC(=O)OC[C@H](COP(=O)(O)OC[C@H](N)C(=O)O)OC(=O)/C=C/C=C/CCCCCCCCCCCCC. The minimum atomic E-state index is -4.74. The number of rotatable bonds is 39. The summed E-state index contributed by atoms with van der Waals surface area (Å²) in [6, 6.07) is -1.53. The van der Waals surface area contributed by atoms with E-state index in [2.05, 4.69) is 30.5 Å². The number of aliphatic carboxylic acids is 1. The van der Waals surface area contributed by atoms with Crippen LogP contribution in [0.5, 0.6) is 0 Å². The van der Waals surface area contributed by atoms with Gasteiger partial charge < -0.3 is 25.2 Å². The molecule has 0 amide bonds. The number of carbonyl (C=O) groups excluding carboxylic acids is 2. The molecule has 0 spiro atoms. The van der Waals surface area contributed by atoms with Crippen molar-refractivity contribution in [3.05, 3.63) is 36.5 Å². The molecule has 0 saturated carbocycles. The summed E-state index contributed by atoms with van der Waals surface area (Å²) in [5.41, 5.74) is 5.32. The number of allylic oxidation sites excluding steroid dienone is 5. The molecule has 11 nitrogen and oxygen atoms in total. The number of carboxylic acids is 1. The second-order valence-corrected chi connectivity index (χ2v) is 15.6. The summed E-state index contributed by atoms with van der Waals surface area (Å²) in [6.07, 6.45) is 39.9. The molecule has 314 valence electrons. The minimum absolute atomic E-state index is 0.183. The molecule has 4 N–H and O–H groups in total. The predicted octanol–water partition coefficient (Wildman–Crippen LogP) is 10.8. The quantitative estimate of drug-likeness (QED) is 0.0135. The topological polar surface area (TPSA) is 172 Å². The molecule has 0 aromatic rings. The van der Waals surface area contributed by atoms with Gasteiger partial charge >= 0.3 is 25.7 Å². The summed E-state index contributed by atoms with van der Waals surface area (Å²) in [5.74, 6) is -2.66. The van der Waals surface area contributed by atoms with Crippen molar-refractivity contribution in [3.63, 3.8) is 0 Å². The summed E-state index contributed by atoms with van der Waals surface area (Å²) < 4.78 is 32.4. The Balaban J connectivity index is 4.51. The first kappa shape index (κ1) is 51.7. The molecule has 0 aliphatic carbocycles. The average molecular weight is 786 g/mol. The standard InChI is InChI=1S/C42H76NO10P/c1-3-5-7-9-11-13-15-17-19-21-23-25-27-29-31-33-40(44)50-35-38(36-51-54(48,49)52-37-39(43)42(46)47)53-41(45)34-32-30-28-26-24-22-20-18-16-14-12-10-8-6-4-2/h21,23,28,30,32,34,38-39H,3-20,22,24-27,29,31,33,35-37,43H2,1-2H3,(H,46,47)(H,48,49)/b23-21+,30-28+,34-32+/t38-,39+/m1/s1. The summed E-state index contributed by atoms with van der Waals surface area (Å²) in [4.78, 5) is 45.7. The summed E-state index contributed by atoms with van der Waals surface area (Å²) >= 11 is 0. The Morgan fingerprint density at radius 3 is 1.56 bits per heavy atom. The highest BCUT2D eigenvalue weighted by Crippen LogP contribution is 2.43. The fraction of sp³-hybridized carbons (Fsp3) is 0.786. The zero-order valence-corrected chi connectivity index (χ0v) is 34.7. The third kappa shape index (κ3) is 36.7. The van der Waals surface area contributed by atoms with Gasteiger partial charge in [0, 0.05) is 12.5 Å². The lowest BCUT2D eigenvalue weighted by Crippen LogP contribution is -2.34. The van der Waals surface area contributed by atoms with Gasteiger partial charge in [0.2, 0.25) is 0 Å². The van der Waals surface area contributed by atoms with Crippen molar-refractivity contribution in [1.82, 2.24) is 0 Å². The fourth-order valence-corrected chi connectivity index (χ4v) is 6.39. The predicted molar refractivity (Wildman–Crippen MR) is 217 cm³/mol. The van der Waals surface area contributed by atoms with Crippen molar-refractivity contribution in [2.75, 3.05) is 19.8 Å². The Bertz CT molecular complexity index is 1060. The molecule has 12 heteroatoms. The van der Waals surface area contributed by atoms with E-state index < -0.39 is 57.7 Å². The number of carboxylic acid groups (broad SMARTS) is 1. The maximum absolute atomic E-state index is 12.5. The maximum Gasteiger partial charge on any atom is 0.472 e. The van der Waals surface area contributed by atoms with E-state index >= 15 is 0 Å². The van der Waals surface area contributed by atoms with Crippen molar-refractivity contribution >= 4 is 25.7 Å². The number of ether oxygens (including phenoxy) is 2. The van der Waals surface area contributed by atoms with Crippen molar-refractivity contribution < 1.29 is 47.5 Å². The van der Waals surface area contributed by atoms with E-state index in [1.165, 1.54) is 122 Å². The largest absolute Gasteiger partial charge is 0.480 e. The molecule has 0 aliphatic rings. The van der Waals surface area contributed by atoms with E-state index in [1.54, 1.807) is 12.2 Å². The first-order chi connectivity index (χ1) is 26.1. The van der Waals surface area contributed by atoms with Crippen LogP contribution >= 0.6 is 7.82 Å². The Morgan fingerprint density at radius 2 is 1.06 bits per heavy atom. The van der Waals surface area contributed by atoms with E-state index in [1.807, 2.05) is 6.08 Å². The number of phosphoric ester groups is 1. The zero-order chi connectivity index (χ0) is 40.0. The molecule has 0 aromatic heterocycles. The number of nitrogens with two attached hydrogens (primary N) is 1. The third-order valence-corrected chi connectivity index (χ3v) is 9.92. The Labute approximate surface area is 327 Å². The summed E-state index contributed by atoms with van der Waals surface area (Å²) in [7, 11) is -4.74. The molecule has 0 radical (unpaired) electrons. The highest BCUT2D eigenvalue weighted by Gasteiger charge is 2.27. The summed E-state index contributed by atoms with van der Waals surface area (Å²) in [6.45, 7) is 2.67. The van der Waals surface area contributed by atoms with Crippen molar-refractivity contribution in [3.8, 4) is 0 Å². The first-order valence-electron chi connectivity index (χ1n) is 21.1. The number of esters is 2. The lowest BCUT2D eigenvalue weighted by Gasteiger charge is -2.19. The van der Waals surface area contributed by atoms with Crippen LogP contribution in [0, 0.1) is 0 Å². The van der Waals surface area contributed by atoms with Crippen molar-refractivity contribution in [1.29, 1.82) is 0 Å². The van der Waals surface area contributed by atoms with Gasteiger partial charge in [-0.15, -0.1) is 0 Å². The highest BCUT2D eigenvalue weighted by molar-refractivity contribution is 7.47. The number of hydrogen-bond acceptors (Lipinski definition) is 9. The maximum atomic E-state index is 12.5. The minimum Gasteiger partial charge on any atom is -0.480 e. The Kier molecular flexibility index (Phi) is 36.0. The van der Waals surface area contributed by atoms with Crippen LogP contribution in [0.2, 0.25) is 0 Å². The van der Waals surface area contributed by atoms with Gasteiger partial charge in [-0.05, 0) is 44.9 Å². The molecule has 1 unspecified atom stereocenters. The summed E-state index contributed by atoms with van der Waals surface area (Å²) in [5, 5.41) is 8.87. The molecular weight excluding hydrogens is 709 g/mol. The molecular formula is C42H76NO10P. The van der Waals surface area contributed by atoms with Gasteiger partial charge in [0.25, 0.3) is 0 Å². The molecule has 3 atom stereocenters. The number of unbranched alkanes of at least 4 members (excludes halogenated alkanes) is 22. The van der Waals surface area contributed by atoms with E-state index in [4.69, 9.17) is 24.8 Å². The third-order valence-electron chi connectivity index (χ3n) is 8.97. The van der Waals surface area contributed by atoms with Gasteiger partial charge in [0.05, 0.1) is 13.2 Å². The van der Waals surface area contributed by atoms with Crippen LogP contribution < -0.4 is 5.73 Å². The smallest absolute Gasteiger partial charge is 0.472 e. The van der Waals surface area contributed by atoms with Crippen LogP contribution in [0.3, 0.4) is 0 Å². The molecule has 0 aromatic carbocycles. The van der Waals surface area contributed by atoms with Crippen LogP contribution in [-0.2, 0) is 37.5 Å². The van der Waals surface area contributed by atoms with Crippen LogP contribution in [0.4, 0.5) is 0 Å². The van der Waals surface area contributed by atoms with Crippen LogP contribution in [0.1, 0.15) is 181 Å². The first-order valence-corrected chi connectivity index (χ1v) is 22.6. The second-order valence-electron chi connectivity index (χ2n) is 14.2. The molecule has 0 rings (SSSR count).